The summed E-state index contributed by atoms with van der Waals surface area (Å²) in [6.45, 7) is 4.45. The van der Waals surface area contributed by atoms with Crippen molar-refractivity contribution in [3.8, 4) is 5.75 Å². The molecule has 0 aliphatic heterocycles. The van der Waals surface area contributed by atoms with Crippen LogP contribution in [-0.4, -0.2) is 19.1 Å². The van der Waals surface area contributed by atoms with Crippen molar-refractivity contribution in [3.05, 3.63) is 29.3 Å². The van der Waals surface area contributed by atoms with Gasteiger partial charge in [-0.25, -0.2) is 0 Å². The van der Waals surface area contributed by atoms with Crippen LogP contribution in [0.25, 0.3) is 0 Å². The van der Waals surface area contributed by atoms with Crippen molar-refractivity contribution < 1.29 is 9.53 Å². The third-order valence-corrected chi connectivity index (χ3v) is 4.94. The number of ether oxygens (including phenoxy) is 1. The number of hydrogen-bond acceptors (Lipinski definition) is 3. The molecule has 2 aliphatic carbocycles. The molecule has 1 fully saturated rings. The van der Waals surface area contributed by atoms with Crippen LogP contribution in [0.1, 0.15) is 44.2 Å². The number of carbonyl (C=O) groups excluding carboxylic acids is 1. The van der Waals surface area contributed by atoms with Crippen molar-refractivity contribution in [2.24, 2.45) is 11.1 Å². The minimum atomic E-state index is -0.913. The van der Waals surface area contributed by atoms with Crippen molar-refractivity contribution in [2.75, 3.05) is 7.11 Å². The third-order valence-electron chi connectivity index (χ3n) is 4.94. The van der Waals surface area contributed by atoms with Crippen molar-refractivity contribution in [2.45, 2.75) is 51.1 Å². The van der Waals surface area contributed by atoms with E-state index in [1.807, 2.05) is 18.2 Å². The lowest BCUT2D eigenvalue weighted by Gasteiger charge is -2.44. The van der Waals surface area contributed by atoms with Gasteiger partial charge >= 0.3 is 0 Å². The van der Waals surface area contributed by atoms with E-state index in [-0.39, 0.29) is 11.9 Å². The summed E-state index contributed by atoms with van der Waals surface area (Å²) in [7, 11) is 1.66. The van der Waals surface area contributed by atoms with Gasteiger partial charge in [0.15, 0.2) is 0 Å². The Morgan fingerprint density at radius 1 is 1.38 bits per heavy atom. The number of nitrogens with two attached hydrogens (primary N) is 1. The standard InChI is InChI=1S/C17H24N2O2/c1-16(2)9-11(10-16)19-15(20)17(18)8-7-12-13(17)5-4-6-14(12)21-3/h4-6,11H,7-10,18H2,1-3H3,(H,19,20). The molecule has 1 aromatic carbocycles. The second-order valence-corrected chi connectivity index (χ2v) is 7.20. The topological polar surface area (TPSA) is 64.3 Å². The number of hydrogen-bond donors (Lipinski definition) is 2. The number of methoxy groups -OCH3 is 1. The molecular weight excluding hydrogens is 264 g/mol. The number of nitrogens with one attached hydrogen (secondary N) is 1. The lowest BCUT2D eigenvalue weighted by Crippen LogP contribution is -2.56. The highest BCUT2D eigenvalue weighted by atomic mass is 16.5. The van der Waals surface area contributed by atoms with Crippen LogP contribution >= 0.6 is 0 Å². The Morgan fingerprint density at radius 2 is 2.10 bits per heavy atom. The monoisotopic (exact) mass is 288 g/mol. The Balaban J connectivity index is 1.79. The van der Waals surface area contributed by atoms with Crippen LogP contribution in [0.4, 0.5) is 0 Å². The van der Waals surface area contributed by atoms with Crippen LogP contribution in [0.2, 0.25) is 0 Å². The van der Waals surface area contributed by atoms with Crippen LogP contribution in [0, 0.1) is 5.41 Å². The maximum Gasteiger partial charge on any atom is 0.244 e. The van der Waals surface area contributed by atoms with Crippen LogP contribution in [-0.2, 0) is 16.8 Å². The second-order valence-electron chi connectivity index (χ2n) is 7.20. The molecule has 1 saturated carbocycles. The Bertz CT molecular complexity index is 574. The van der Waals surface area contributed by atoms with E-state index in [2.05, 4.69) is 19.2 Å². The van der Waals surface area contributed by atoms with Crippen LogP contribution in [0.5, 0.6) is 5.75 Å². The highest BCUT2D eigenvalue weighted by Crippen LogP contribution is 2.42. The van der Waals surface area contributed by atoms with Gasteiger partial charge < -0.3 is 15.8 Å². The van der Waals surface area contributed by atoms with E-state index in [1.54, 1.807) is 7.11 Å². The first-order chi connectivity index (χ1) is 9.86. The van der Waals surface area contributed by atoms with Gasteiger partial charge in [0.25, 0.3) is 0 Å². The third kappa shape index (κ3) is 2.31. The molecular formula is C17H24N2O2. The molecule has 3 N–H and O–H groups in total. The Labute approximate surface area is 126 Å². The van der Waals surface area contributed by atoms with E-state index in [1.165, 1.54) is 0 Å². The fourth-order valence-electron chi connectivity index (χ4n) is 3.82. The van der Waals surface area contributed by atoms with Gasteiger partial charge in [-0.1, -0.05) is 26.0 Å². The predicted octanol–water partition coefficient (Wildman–Crippen LogP) is 2.10. The summed E-state index contributed by atoms with van der Waals surface area (Å²) in [5, 5.41) is 3.13. The first kappa shape index (κ1) is 14.4. The van der Waals surface area contributed by atoms with Gasteiger partial charge in [0.1, 0.15) is 11.3 Å². The van der Waals surface area contributed by atoms with Crippen molar-refractivity contribution in [3.63, 3.8) is 0 Å². The molecule has 2 aliphatic rings. The lowest BCUT2D eigenvalue weighted by molar-refractivity contribution is -0.128. The summed E-state index contributed by atoms with van der Waals surface area (Å²) < 4.78 is 5.38. The molecule has 0 aromatic heterocycles. The highest BCUT2D eigenvalue weighted by Gasteiger charge is 2.45. The lowest BCUT2D eigenvalue weighted by atomic mass is 9.68. The SMILES string of the molecule is COc1cccc2c1CCC2(N)C(=O)NC1CC(C)(C)C1. The van der Waals surface area contributed by atoms with Gasteiger partial charge in [0, 0.05) is 6.04 Å². The van der Waals surface area contributed by atoms with Gasteiger partial charge in [0.2, 0.25) is 5.91 Å². The van der Waals surface area contributed by atoms with E-state index < -0.39 is 5.54 Å². The second kappa shape index (κ2) is 4.73. The molecule has 1 unspecified atom stereocenters. The Kier molecular flexibility index (Phi) is 3.24. The fraction of sp³-hybridized carbons (Fsp3) is 0.588. The Hall–Kier alpha value is -1.55. The number of fused-ring (bicyclic) bond motifs is 1. The van der Waals surface area contributed by atoms with Crippen LogP contribution < -0.4 is 15.8 Å². The summed E-state index contributed by atoms with van der Waals surface area (Å²) in [6, 6.07) is 6.05. The molecule has 1 amide bonds. The molecule has 4 nitrogen and oxygen atoms in total. The molecule has 1 atom stereocenters. The number of rotatable bonds is 3. The normalized spacial score (nSPS) is 26.9. The van der Waals surface area contributed by atoms with E-state index >= 15 is 0 Å². The van der Waals surface area contributed by atoms with Gasteiger partial charge in [-0.15, -0.1) is 0 Å². The molecule has 0 radical (unpaired) electrons. The average molecular weight is 288 g/mol. The predicted molar refractivity (Wildman–Crippen MR) is 82.1 cm³/mol. The molecule has 114 valence electrons. The van der Waals surface area contributed by atoms with Crippen molar-refractivity contribution in [1.82, 2.24) is 5.32 Å². The maximum absolute atomic E-state index is 12.7. The summed E-state index contributed by atoms with van der Waals surface area (Å²) in [6.07, 6.45) is 3.49. The minimum absolute atomic E-state index is 0.0463. The summed E-state index contributed by atoms with van der Waals surface area (Å²) >= 11 is 0. The average Bonchev–Trinajstić information content (AvgIpc) is 2.76. The molecule has 0 spiro atoms. The summed E-state index contributed by atoms with van der Waals surface area (Å²) in [5.41, 5.74) is 7.89. The first-order valence-electron chi connectivity index (χ1n) is 7.62. The van der Waals surface area contributed by atoms with Crippen molar-refractivity contribution >= 4 is 5.91 Å². The van der Waals surface area contributed by atoms with E-state index in [0.29, 0.717) is 11.8 Å². The molecule has 4 heteroatoms. The Morgan fingerprint density at radius 3 is 2.71 bits per heavy atom. The smallest absolute Gasteiger partial charge is 0.244 e. The molecule has 1 aromatic rings. The van der Waals surface area contributed by atoms with Crippen LogP contribution in [0.3, 0.4) is 0 Å². The molecule has 0 heterocycles. The first-order valence-corrected chi connectivity index (χ1v) is 7.62. The quantitative estimate of drug-likeness (QED) is 0.895. The number of amides is 1. The zero-order valence-electron chi connectivity index (χ0n) is 13.0. The largest absolute Gasteiger partial charge is 0.496 e. The van der Waals surface area contributed by atoms with E-state index in [0.717, 1.165) is 36.1 Å². The zero-order valence-corrected chi connectivity index (χ0v) is 13.0. The van der Waals surface area contributed by atoms with E-state index in [9.17, 15) is 4.79 Å². The minimum Gasteiger partial charge on any atom is -0.496 e. The van der Waals surface area contributed by atoms with Crippen LogP contribution in [0.15, 0.2) is 18.2 Å². The summed E-state index contributed by atoms with van der Waals surface area (Å²) in [5.74, 6) is 0.785. The molecule has 21 heavy (non-hydrogen) atoms. The molecule has 3 rings (SSSR count). The van der Waals surface area contributed by atoms with Gasteiger partial charge in [-0.2, -0.15) is 0 Å². The number of carbonyl (C=O) groups is 1. The summed E-state index contributed by atoms with van der Waals surface area (Å²) in [4.78, 5) is 12.7. The number of benzene rings is 1. The van der Waals surface area contributed by atoms with Gasteiger partial charge in [-0.05, 0) is 48.3 Å². The fourth-order valence-corrected chi connectivity index (χ4v) is 3.82. The zero-order chi connectivity index (χ0) is 15.3. The van der Waals surface area contributed by atoms with Gasteiger partial charge in [-0.3, -0.25) is 4.79 Å². The van der Waals surface area contributed by atoms with Crippen molar-refractivity contribution in [1.29, 1.82) is 0 Å². The van der Waals surface area contributed by atoms with Gasteiger partial charge in [0.05, 0.1) is 7.11 Å². The maximum atomic E-state index is 12.7. The highest BCUT2D eigenvalue weighted by molar-refractivity contribution is 5.89. The van der Waals surface area contributed by atoms with E-state index in [4.69, 9.17) is 10.5 Å². The molecule has 0 bridgehead atoms. The molecule has 0 saturated heterocycles.